The Labute approximate surface area is 238 Å². The Balaban J connectivity index is 1.42. The average Bonchev–Trinajstić information content (AvgIpc) is 3.52. The molecule has 10 heteroatoms. The maximum atomic E-state index is 13.8. The van der Waals surface area contributed by atoms with E-state index in [4.69, 9.17) is 5.73 Å². The smallest absolute Gasteiger partial charge is 0.251 e. The van der Waals surface area contributed by atoms with Gasteiger partial charge in [0.25, 0.3) is 5.91 Å². The molecule has 3 saturated heterocycles. The Morgan fingerprint density at radius 2 is 1.62 bits per heavy atom. The molecular formula is C30H46N6O4. The van der Waals surface area contributed by atoms with Crippen molar-refractivity contribution < 1.29 is 19.2 Å². The van der Waals surface area contributed by atoms with Crippen molar-refractivity contribution in [1.82, 2.24) is 20.4 Å². The van der Waals surface area contributed by atoms with Crippen molar-refractivity contribution in [1.29, 1.82) is 0 Å². The molecule has 220 valence electrons. The van der Waals surface area contributed by atoms with E-state index < -0.39 is 18.1 Å². The normalized spacial score (nSPS) is 22.6. The molecule has 4 N–H and O–H groups in total. The summed E-state index contributed by atoms with van der Waals surface area (Å²) in [4.78, 5) is 58.7. The van der Waals surface area contributed by atoms with Crippen LogP contribution in [0.1, 0.15) is 63.7 Å². The molecule has 3 fully saturated rings. The molecule has 3 amide bonds. The first kappa shape index (κ1) is 30.0. The van der Waals surface area contributed by atoms with Gasteiger partial charge in [-0.15, -0.1) is 0 Å². The van der Waals surface area contributed by atoms with Gasteiger partial charge in [-0.05, 0) is 61.8 Å². The first-order valence-corrected chi connectivity index (χ1v) is 14.8. The van der Waals surface area contributed by atoms with E-state index >= 15 is 0 Å². The van der Waals surface area contributed by atoms with E-state index in [0.29, 0.717) is 37.3 Å². The van der Waals surface area contributed by atoms with Crippen molar-refractivity contribution in [2.24, 2.45) is 17.6 Å². The van der Waals surface area contributed by atoms with Crippen LogP contribution in [0.3, 0.4) is 0 Å². The molecule has 0 radical (unpaired) electrons. The first-order valence-electron chi connectivity index (χ1n) is 14.8. The number of hydrogen-bond acceptors (Lipinski definition) is 7. The first-order chi connectivity index (χ1) is 19.1. The highest BCUT2D eigenvalue weighted by atomic mass is 16.2. The van der Waals surface area contributed by atoms with Gasteiger partial charge in [-0.2, -0.15) is 0 Å². The van der Waals surface area contributed by atoms with Gasteiger partial charge in [0.15, 0.2) is 5.78 Å². The number of rotatable bonds is 10. The van der Waals surface area contributed by atoms with Gasteiger partial charge in [-0.3, -0.25) is 19.2 Å². The number of piperazine rings is 1. The summed E-state index contributed by atoms with van der Waals surface area (Å²) < 4.78 is 0. The van der Waals surface area contributed by atoms with Gasteiger partial charge >= 0.3 is 0 Å². The van der Waals surface area contributed by atoms with Crippen LogP contribution in [0.15, 0.2) is 24.3 Å². The van der Waals surface area contributed by atoms with Gasteiger partial charge < -0.3 is 31.1 Å². The Morgan fingerprint density at radius 1 is 0.950 bits per heavy atom. The molecule has 40 heavy (non-hydrogen) atoms. The van der Waals surface area contributed by atoms with Crippen LogP contribution in [-0.4, -0.2) is 96.7 Å². The molecule has 0 bridgehead atoms. The fourth-order valence-electron chi connectivity index (χ4n) is 6.09. The molecule has 0 aromatic heterocycles. The van der Waals surface area contributed by atoms with Crippen LogP contribution in [-0.2, 0) is 14.4 Å². The third kappa shape index (κ3) is 6.83. The number of likely N-dealkylation sites (tertiary alicyclic amines) is 2. The fraction of sp³-hybridized carbons (Fsp3) is 0.667. The summed E-state index contributed by atoms with van der Waals surface area (Å²) >= 11 is 0. The van der Waals surface area contributed by atoms with E-state index in [2.05, 4.69) is 29.4 Å². The fourth-order valence-corrected chi connectivity index (χ4v) is 6.09. The summed E-state index contributed by atoms with van der Waals surface area (Å²) in [6, 6.07) is 5.03. The number of fused-ring (bicyclic) bond motifs is 1. The standard InChI is InChI=1S/C30H46N6O4/c1-19(2)5-10-23(31)29(39)36-18-26(37)27-25(36)11-14-35(27)30(40)24(17-20(3)4)33-28(38)21-6-8-22(9-7-21)34-15-12-32-13-16-34/h6-9,19-20,23-25,27,32H,5,10-18,31H2,1-4H3,(H,33,38). The van der Waals surface area contributed by atoms with Crippen LogP contribution >= 0.6 is 0 Å². The van der Waals surface area contributed by atoms with Gasteiger partial charge in [-0.1, -0.05) is 27.7 Å². The van der Waals surface area contributed by atoms with Crippen molar-refractivity contribution in [3.63, 3.8) is 0 Å². The number of nitrogens with one attached hydrogen (secondary N) is 2. The highest BCUT2D eigenvalue weighted by molar-refractivity contribution is 6.01. The Hall–Kier alpha value is -2.98. The highest BCUT2D eigenvalue weighted by Crippen LogP contribution is 2.31. The van der Waals surface area contributed by atoms with Crippen LogP contribution in [0.2, 0.25) is 0 Å². The Bertz CT molecular complexity index is 1070. The summed E-state index contributed by atoms with van der Waals surface area (Å²) in [5.41, 5.74) is 7.75. The third-order valence-electron chi connectivity index (χ3n) is 8.28. The number of amides is 3. The SMILES string of the molecule is CC(C)CCC(N)C(=O)N1CC(=O)C2C1CCN2C(=O)C(CC(C)C)NC(=O)c1ccc(N2CCNCC2)cc1. The second-order valence-corrected chi connectivity index (χ2v) is 12.3. The minimum absolute atomic E-state index is 0.0199. The number of Topliss-reactive ketones (excluding diaryl/α,β-unsaturated/α-hetero) is 1. The van der Waals surface area contributed by atoms with Crippen molar-refractivity contribution in [3.8, 4) is 0 Å². The molecular weight excluding hydrogens is 508 g/mol. The number of nitrogens with two attached hydrogens (primary N) is 1. The van der Waals surface area contributed by atoms with E-state index in [1.54, 1.807) is 21.9 Å². The Morgan fingerprint density at radius 3 is 2.25 bits per heavy atom. The molecule has 1 aromatic rings. The zero-order valence-corrected chi connectivity index (χ0v) is 24.4. The molecule has 0 saturated carbocycles. The molecule has 0 spiro atoms. The summed E-state index contributed by atoms with van der Waals surface area (Å²) in [5.74, 6) is -0.347. The van der Waals surface area contributed by atoms with E-state index in [9.17, 15) is 19.2 Å². The van der Waals surface area contributed by atoms with Gasteiger partial charge in [0.1, 0.15) is 12.1 Å². The van der Waals surface area contributed by atoms with Crippen LogP contribution in [0.25, 0.3) is 0 Å². The summed E-state index contributed by atoms with van der Waals surface area (Å²) in [6.07, 6.45) is 2.39. The summed E-state index contributed by atoms with van der Waals surface area (Å²) in [6.45, 7) is 12.2. The molecule has 3 aliphatic heterocycles. The predicted molar refractivity (Wildman–Crippen MR) is 155 cm³/mol. The number of carbonyl (C=O) groups is 4. The van der Waals surface area contributed by atoms with E-state index in [-0.39, 0.29) is 42.0 Å². The largest absolute Gasteiger partial charge is 0.369 e. The number of benzene rings is 1. The molecule has 3 heterocycles. The number of nitrogens with zero attached hydrogens (tertiary/aromatic N) is 3. The van der Waals surface area contributed by atoms with Gasteiger partial charge in [0, 0.05) is 44.0 Å². The molecule has 3 aliphatic rings. The molecule has 0 aliphatic carbocycles. The topological polar surface area (TPSA) is 128 Å². The zero-order valence-electron chi connectivity index (χ0n) is 24.4. The van der Waals surface area contributed by atoms with E-state index in [1.165, 1.54) is 0 Å². The van der Waals surface area contributed by atoms with Gasteiger partial charge in [-0.25, -0.2) is 0 Å². The lowest BCUT2D eigenvalue weighted by atomic mass is 10.0. The summed E-state index contributed by atoms with van der Waals surface area (Å²) in [5, 5.41) is 6.28. The number of hydrogen-bond donors (Lipinski definition) is 3. The maximum Gasteiger partial charge on any atom is 0.251 e. The average molecular weight is 555 g/mol. The van der Waals surface area contributed by atoms with Crippen molar-refractivity contribution in [2.45, 2.75) is 77.5 Å². The van der Waals surface area contributed by atoms with Gasteiger partial charge in [0.2, 0.25) is 11.8 Å². The monoisotopic (exact) mass is 554 g/mol. The number of anilines is 1. The van der Waals surface area contributed by atoms with Crippen LogP contribution in [0.4, 0.5) is 5.69 Å². The number of ketones is 1. The zero-order chi connectivity index (χ0) is 29.0. The second-order valence-electron chi connectivity index (χ2n) is 12.3. The molecule has 1 aromatic carbocycles. The number of carbonyl (C=O) groups excluding carboxylic acids is 4. The lowest BCUT2D eigenvalue weighted by molar-refractivity contribution is -0.138. The van der Waals surface area contributed by atoms with Crippen LogP contribution < -0.4 is 21.3 Å². The van der Waals surface area contributed by atoms with Crippen molar-refractivity contribution >= 4 is 29.2 Å². The van der Waals surface area contributed by atoms with Gasteiger partial charge in [0.05, 0.1) is 18.6 Å². The minimum atomic E-state index is -0.759. The van der Waals surface area contributed by atoms with Crippen molar-refractivity contribution in [2.75, 3.05) is 44.2 Å². The quantitative estimate of drug-likeness (QED) is 0.399. The second kappa shape index (κ2) is 13.1. The molecule has 4 atom stereocenters. The molecule has 4 rings (SSSR count). The van der Waals surface area contributed by atoms with E-state index in [1.807, 2.05) is 26.0 Å². The minimum Gasteiger partial charge on any atom is -0.369 e. The summed E-state index contributed by atoms with van der Waals surface area (Å²) in [7, 11) is 0. The maximum absolute atomic E-state index is 13.8. The Kier molecular flexibility index (Phi) is 9.84. The lowest BCUT2D eigenvalue weighted by Gasteiger charge is -2.30. The lowest BCUT2D eigenvalue weighted by Crippen LogP contribution is -2.53. The third-order valence-corrected chi connectivity index (χ3v) is 8.28. The molecule has 10 nitrogen and oxygen atoms in total. The van der Waals surface area contributed by atoms with Crippen LogP contribution in [0, 0.1) is 11.8 Å². The molecule has 4 unspecified atom stereocenters. The van der Waals surface area contributed by atoms with Crippen LogP contribution in [0.5, 0.6) is 0 Å². The highest BCUT2D eigenvalue weighted by Gasteiger charge is 2.52. The predicted octanol–water partition coefficient (Wildman–Crippen LogP) is 1.39. The van der Waals surface area contributed by atoms with Crippen molar-refractivity contribution in [3.05, 3.63) is 29.8 Å². The van der Waals surface area contributed by atoms with E-state index in [0.717, 1.165) is 38.3 Å².